The monoisotopic (exact) mass is 325 g/mol. The first-order valence-corrected chi connectivity index (χ1v) is 4.77. The molecule has 0 rings (SSSR count). The predicted octanol–water partition coefficient (Wildman–Crippen LogP) is 2.29. The second-order valence-corrected chi connectivity index (χ2v) is 3.00. The molecule has 6 heteroatoms. The number of nitrogens with zero attached hydrogens (tertiary/aromatic N) is 2. The highest BCUT2D eigenvalue weighted by atomic mass is 127. The van der Waals surface area contributed by atoms with Gasteiger partial charge in [0.15, 0.2) is 0 Å². The van der Waals surface area contributed by atoms with E-state index in [4.69, 9.17) is 5.41 Å². The first-order valence-electron chi connectivity index (χ1n) is 4.77. The van der Waals surface area contributed by atoms with Crippen molar-refractivity contribution < 1.29 is 0 Å². The van der Waals surface area contributed by atoms with E-state index >= 15 is 0 Å². The largest absolute Gasteiger partial charge is 0.266 e. The van der Waals surface area contributed by atoms with Crippen molar-refractivity contribution in [1.82, 2.24) is 10.9 Å². The van der Waals surface area contributed by atoms with Crippen LogP contribution in [0.15, 0.2) is 10.2 Å². The highest BCUT2D eigenvalue weighted by Gasteiger charge is 1.91. The summed E-state index contributed by atoms with van der Waals surface area (Å²) in [5.41, 5.74) is 7.03. The number of hydrogen-bond acceptors (Lipinski definition) is 3. The molecule has 0 aromatic heterocycles. The second kappa shape index (κ2) is 9.88. The molecule has 0 aromatic rings. The fourth-order valence-electron chi connectivity index (χ4n) is 0.486. The number of hydrazone groups is 2. The molecular formula is C9H20IN5. The molecule has 5 nitrogen and oxygen atoms in total. The van der Waals surface area contributed by atoms with Gasteiger partial charge in [-0.3, -0.25) is 5.41 Å². The van der Waals surface area contributed by atoms with Crippen LogP contribution in [-0.2, 0) is 0 Å². The molecule has 0 amide bonds. The van der Waals surface area contributed by atoms with Crippen LogP contribution in [-0.4, -0.2) is 17.4 Å². The Hall–Kier alpha value is -0.660. The van der Waals surface area contributed by atoms with Crippen molar-refractivity contribution in [2.75, 3.05) is 0 Å². The van der Waals surface area contributed by atoms with Gasteiger partial charge in [0.2, 0.25) is 5.96 Å². The fraction of sp³-hybridized carbons (Fsp3) is 0.667. The first-order chi connectivity index (χ1) is 6.60. The van der Waals surface area contributed by atoms with Crippen molar-refractivity contribution in [2.24, 2.45) is 10.2 Å². The molecule has 0 saturated carbocycles. The van der Waals surface area contributed by atoms with Crippen LogP contribution in [0, 0.1) is 5.41 Å². The third kappa shape index (κ3) is 9.64. The van der Waals surface area contributed by atoms with Gasteiger partial charge in [-0.25, -0.2) is 10.9 Å². The standard InChI is InChI=1S/C9H19N5.HI/c1-5-7(3)11-13-9(10)14-12-8(4)6-2;/h5-6H2,1-4H3,(H3,10,13,14);1H. The maximum absolute atomic E-state index is 7.39. The lowest BCUT2D eigenvalue weighted by molar-refractivity contribution is 0.875. The molecular weight excluding hydrogens is 305 g/mol. The van der Waals surface area contributed by atoms with Crippen molar-refractivity contribution in [3.8, 4) is 0 Å². The summed E-state index contributed by atoms with van der Waals surface area (Å²) >= 11 is 0. The van der Waals surface area contributed by atoms with E-state index in [9.17, 15) is 0 Å². The van der Waals surface area contributed by atoms with Crippen molar-refractivity contribution in [3.05, 3.63) is 0 Å². The molecule has 0 atom stereocenters. The van der Waals surface area contributed by atoms with Gasteiger partial charge in [0.05, 0.1) is 0 Å². The molecule has 15 heavy (non-hydrogen) atoms. The molecule has 0 heterocycles. The van der Waals surface area contributed by atoms with Gasteiger partial charge in [-0.05, 0) is 26.7 Å². The molecule has 0 saturated heterocycles. The number of hydrogen-bond donors (Lipinski definition) is 3. The Morgan fingerprint density at radius 1 is 1.00 bits per heavy atom. The van der Waals surface area contributed by atoms with Gasteiger partial charge in [0.25, 0.3) is 0 Å². The summed E-state index contributed by atoms with van der Waals surface area (Å²) in [6.07, 6.45) is 1.75. The first kappa shape index (κ1) is 16.8. The third-order valence-electron chi connectivity index (χ3n) is 1.74. The Morgan fingerprint density at radius 2 is 1.33 bits per heavy atom. The van der Waals surface area contributed by atoms with Crippen molar-refractivity contribution in [2.45, 2.75) is 40.5 Å². The third-order valence-corrected chi connectivity index (χ3v) is 1.74. The van der Waals surface area contributed by atoms with E-state index in [2.05, 4.69) is 21.1 Å². The molecule has 0 aliphatic carbocycles. The van der Waals surface area contributed by atoms with Crippen LogP contribution in [0.3, 0.4) is 0 Å². The molecule has 0 spiro atoms. The Bertz CT molecular complexity index is 223. The second-order valence-electron chi connectivity index (χ2n) is 3.00. The average Bonchev–Trinajstić information content (AvgIpc) is 2.22. The van der Waals surface area contributed by atoms with E-state index in [1.165, 1.54) is 0 Å². The minimum Gasteiger partial charge on any atom is -0.266 e. The number of guanidine groups is 1. The van der Waals surface area contributed by atoms with Gasteiger partial charge in [0, 0.05) is 11.4 Å². The van der Waals surface area contributed by atoms with Crippen LogP contribution >= 0.6 is 24.0 Å². The summed E-state index contributed by atoms with van der Waals surface area (Å²) < 4.78 is 0. The van der Waals surface area contributed by atoms with Crippen LogP contribution in [0.1, 0.15) is 40.5 Å². The van der Waals surface area contributed by atoms with Crippen LogP contribution < -0.4 is 10.9 Å². The van der Waals surface area contributed by atoms with E-state index < -0.39 is 0 Å². The van der Waals surface area contributed by atoms with Gasteiger partial charge < -0.3 is 0 Å². The quantitative estimate of drug-likeness (QED) is 0.321. The van der Waals surface area contributed by atoms with Gasteiger partial charge in [-0.15, -0.1) is 24.0 Å². The minimum atomic E-state index is 0. The van der Waals surface area contributed by atoms with Crippen LogP contribution in [0.25, 0.3) is 0 Å². The summed E-state index contributed by atoms with van der Waals surface area (Å²) in [4.78, 5) is 0. The van der Waals surface area contributed by atoms with Gasteiger partial charge >= 0.3 is 0 Å². The lowest BCUT2D eigenvalue weighted by Gasteiger charge is -2.03. The lowest BCUT2D eigenvalue weighted by atomic mass is 10.3. The number of halogens is 1. The molecule has 0 aromatic carbocycles. The molecule has 0 aliphatic heterocycles. The maximum Gasteiger partial charge on any atom is 0.230 e. The highest BCUT2D eigenvalue weighted by Crippen LogP contribution is 1.82. The maximum atomic E-state index is 7.39. The van der Waals surface area contributed by atoms with Gasteiger partial charge in [-0.1, -0.05) is 13.8 Å². The van der Waals surface area contributed by atoms with Crippen molar-refractivity contribution in [3.63, 3.8) is 0 Å². The number of rotatable bonds is 4. The Morgan fingerprint density at radius 3 is 1.60 bits per heavy atom. The topological polar surface area (TPSA) is 72.6 Å². The summed E-state index contributed by atoms with van der Waals surface area (Å²) in [6.45, 7) is 7.83. The van der Waals surface area contributed by atoms with E-state index in [1.54, 1.807) is 0 Å². The summed E-state index contributed by atoms with van der Waals surface area (Å²) in [7, 11) is 0. The average molecular weight is 325 g/mol. The zero-order valence-electron chi connectivity index (χ0n) is 9.72. The summed E-state index contributed by atoms with van der Waals surface area (Å²) in [5.74, 6) is 0.0885. The summed E-state index contributed by atoms with van der Waals surface area (Å²) in [5, 5.41) is 15.3. The van der Waals surface area contributed by atoms with Crippen molar-refractivity contribution >= 4 is 41.4 Å². The van der Waals surface area contributed by atoms with Gasteiger partial charge in [0.1, 0.15) is 0 Å². The molecule has 0 bridgehead atoms. The molecule has 0 unspecified atom stereocenters. The Kier molecular flexibility index (Phi) is 11.0. The normalized spacial score (nSPS) is 11.7. The molecule has 0 radical (unpaired) electrons. The van der Waals surface area contributed by atoms with Crippen molar-refractivity contribution in [1.29, 1.82) is 5.41 Å². The molecule has 0 aliphatic rings. The fourth-order valence-corrected chi connectivity index (χ4v) is 0.486. The van der Waals surface area contributed by atoms with E-state index in [-0.39, 0.29) is 29.9 Å². The lowest BCUT2D eigenvalue weighted by Crippen LogP contribution is -2.30. The van der Waals surface area contributed by atoms with E-state index in [1.807, 2.05) is 27.7 Å². The van der Waals surface area contributed by atoms with Crippen LogP contribution in [0.2, 0.25) is 0 Å². The molecule has 0 fully saturated rings. The van der Waals surface area contributed by atoms with Crippen LogP contribution in [0.4, 0.5) is 0 Å². The van der Waals surface area contributed by atoms with E-state index in [0.717, 1.165) is 24.3 Å². The van der Waals surface area contributed by atoms with Crippen LogP contribution in [0.5, 0.6) is 0 Å². The highest BCUT2D eigenvalue weighted by molar-refractivity contribution is 14.0. The zero-order chi connectivity index (χ0) is 11.0. The van der Waals surface area contributed by atoms with Gasteiger partial charge in [-0.2, -0.15) is 10.2 Å². The predicted molar refractivity (Wildman–Crippen MR) is 76.2 cm³/mol. The summed E-state index contributed by atoms with van der Waals surface area (Å²) in [6, 6.07) is 0. The zero-order valence-corrected chi connectivity index (χ0v) is 12.0. The number of nitrogens with one attached hydrogen (secondary N) is 3. The smallest absolute Gasteiger partial charge is 0.230 e. The Labute approximate surface area is 108 Å². The Balaban J connectivity index is 0. The van der Waals surface area contributed by atoms with E-state index in [0.29, 0.717) is 0 Å². The SMILES string of the molecule is CCC(C)=NNC(=N)NN=C(C)CC.I. The molecule has 88 valence electrons. The molecule has 3 N–H and O–H groups in total. The minimum absolute atomic E-state index is 0.